The van der Waals surface area contributed by atoms with Gasteiger partial charge in [0.25, 0.3) is 5.91 Å². The highest BCUT2D eigenvalue weighted by molar-refractivity contribution is 6.10. The van der Waals surface area contributed by atoms with Gasteiger partial charge in [-0.25, -0.2) is 9.78 Å². The van der Waals surface area contributed by atoms with Gasteiger partial charge in [0.05, 0.1) is 34.8 Å². The Bertz CT molecular complexity index is 1660. The molecule has 1 fully saturated rings. The van der Waals surface area contributed by atoms with Gasteiger partial charge in [0.1, 0.15) is 0 Å². The van der Waals surface area contributed by atoms with E-state index in [1.807, 2.05) is 24.3 Å². The molecular formula is C37H43N3O4. The zero-order valence-corrected chi connectivity index (χ0v) is 26.0. The number of aromatic amines is 1. The van der Waals surface area contributed by atoms with Gasteiger partial charge in [0.15, 0.2) is 5.88 Å². The molecule has 2 aromatic carbocycles. The van der Waals surface area contributed by atoms with E-state index in [1.165, 1.54) is 43.2 Å². The van der Waals surface area contributed by atoms with Crippen LogP contribution in [0.4, 0.5) is 0 Å². The molecule has 0 saturated heterocycles. The molecule has 230 valence electrons. The van der Waals surface area contributed by atoms with Gasteiger partial charge in [-0.2, -0.15) is 0 Å². The fourth-order valence-electron chi connectivity index (χ4n) is 7.17. The third-order valence-electron chi connectivity index (χ3n) is 9.46. The van der Waals surface area contributed by atoms with E-state index >= 15 is 0 Å². The highest BCUT2D eigenvalue weighted by Crippen LogP contribution is 2.42. The summed E-state index contributed by atoms with van der Waals surface area (Å²) in [6, 6.07) is 15.6. The van der Waals surface area contributed by atoms with E-state index in [1.54, 1.807) is 19.1 Å². The summed E-state index contributed by atoms with van der Waals surface area (Å²) in [5.74, 6) is 0.114. The van der Waals surface area contributed by atoms with E-state index < -0.39 is 5.97 Å². The van der Waals surface area contributed by atoms with Crippen LogP contribution in [0.1, 0.15) is 121 Å². The Balaban J connectivity index is 1.40. The van der Waals surface area contributed by atoms with E-state index in [2.05, 4.69) is 36.3 Å². The van der Waals surface area contributed by atoms with Crippen molar-refractivity contribution < 1.29 is 19.4 Å². The molecule has 0 spiro atoms. The zero-order valence-electron chi connectivity index (χ0n) is 26.0. The van der Waals surface area contributed by atoms with E-state index in [9.17, 15) is 14.7 Å². The Morgan fingerprint density at radius 3 is 2.52 bits per heavy atom. The molecule has 0 aliphatic heterocycles. The van der Waals surface area contributed by atoms with E-state index in [0.717, 1.165) is 30.5 Å². The number of ether oxygens (including phenoxy) is 1. The van der Waals surface area contributed by atoms with Crippen molar-refractivity contribution in [2.24, 2.45) is 5.92 Å². The Labute approximate surface area is 259 Å². The second-order valence-electron chi connectivity index (χ2n) is 12.7. The average Bonchev–Trinajstić information content (AvgIpc) is 3.60. The molecular weight excluding hydrogens is 550 g/mol. The smallest absolute Gasteiger partial charge is 0.340 e. The molecule has 6 rings (SSSR count). The number of hydrogen-bond acceptors (Lipinski definition) is 5. The lowest BCUT2D eigenvalue weighted by Gasteiger charge is -2.22. The lowest BCUT2D eigenvalue weighted by Crippen LogP contribution is -2.27. The molecule has 2 aromatic heterocycles. The SMILES string of the molecule is CCOC(=O)c1c(CCC2CCCCC2)nc2c(C(C)C)[nH]c(O)c2c1-c1ccc(C(=O)NC2CCc3ccccc32)cc1. The largest absolute Gasteiger partial charge is 0.494 e. The van der Waals surface area contributed by atoms with Crippen molar-refractivity contribution in [3.05, 3.63) is 82.2 Å². The van der Waals surface area contributed by atoms with Gasteiger partial charge in [0, 0.05) is 16.8 Å². The first-order chi connectivity index (χ1) is 21.4. The molecule has 7 heteroatoms. The van der Waals surface area contributed by atoms with Gasteiger partial charge in [-0.1, -0.05) is 82.3 Å². The van der Waals surface area contributed by atoms with Crippen LogP contribution in [0.5, 0.6) is 5.88 Å². The number of carbonyl (C=O) groups excluding carboxylic acids is 2. The van der Waals surface area contributed by atoms with E-state index in [0.29, 0.717) is 45.6 Å². The number of H-pyrrole nitrogens is 1. The fraction of sp³-hybridized carbons (Fsp3) is 0.432. The Kier molecular flexibility index (Phi) is 8.74. The van der Waals surface area contributed by atoms with Crippen molar-refractivity contribution in [1.82, 2.24) is 15.3 Å². The number of rotatable bonds is 9. The fourth-order valence-corrected chi connectivity index (χ4v) is 7.17. The minimum Gasteiger partial charge on any atom is -0.494 e. The van der Waals surface area contributed by atoms with Crippen LogP contribution >= 0.6 is 0 Å². The number of hydrogen-bond donors (Lipinski definition) is 3. The first-order valence-corrected chi connectivity index (χ1v) is 16.3. The average molecular weight is 594 g/mol. The van der Waals surface area contributed by atoms with Crippen LogP contribution < -0.4 is 5.32 Å². The summed E-state index contributed by atoms with van der Waals surface area (Å²) in [6.07, 6.45) is 9.68. The predicted octanol–water partition coefficient (Wildman–Crippen LogP) is 8.17. The van der Waals surface area contributed by atoms with Crippen molar-refractivity contribution in [3.8, 4) is 17.0 Å². The van der Waals surface area contributed by atoms with Crippen LogP contribution in [0.15, 0.2) is 48.5 Å². The number of aromatic hydroxyl groups is 1. The molecule has 2 aliphatic rings. The molecule has 0 bridgehead atoms. The molecule has 1 atom stereocenters. The topological polar surface area (TPSA) is 104 Å². The quantitative estimate of drug-likeness (QED) is 0.170. The maximum atomic E-state index is 13.7. The number of aryl methyl sites for hydroxylation is 2. The van der Waals surface area contributed by atoms with Gasteiger partial charge < -0.3 is 20.1 Å². The highest BCUT2D eigenvalue weighted by atomic mass is 16.5. The van der Waals surface area contributed by atoms with Gasteiger partial charge in [-0.3, -0.25) is 4.79 Å². The summed E-state index contributed by atoms with van der Waals surface area (Å²) >= 11 is 0. The molecule has 7 nitrogen and oxygen atoms in total. The van der Waals surface area contributed by atoms with Gasteiger partial charge in [-0.15, -0.1) is 0 Å². The molecule has 3 N–H and O–H groups in total. The van der Waals surface area contributed by atoms with Crippen LogP contribution in [0.2, 0.25) is 0 Å². The monoisotopic (exact) mass is 593 g/mol. The normalized spacial score (nSPS) is 16.8. The van der Waals surface area contributed by atoms with Crippen molar-refractivity contribution >= 4 is 22.8 Å². The minimum absolute atomic E-state index is 0.00778. The number of benzene rings is 2. The third kappa shape index (κ3) is 5.84. The lowest BCUT2D eigenvalue weighted by atomic mass is 9.84. The third-order valence-corrected chi connectivity index (χ3v) is 9.46. The number of pyridine rings is 1. The number of amides is 1. The Morgan fingerprint density at radius 2 is 1.80 bits per heavy atom. The summed E-state index contributed by atoms with van der Waals surface area (Å²) in [5.41, 5.74) is 6.96. The molecule has 44 heavy (non-hydrogen) atoms. The number of esters is 1. The zero-order chi connectivity index (χ0) is 30.8. The summed E-state index contributed by atoms with van der Waals surface area (Å²) in [7, 11) is 0. The van der Waals surface area contributed by atoms with Crippen molar-refractivity contribution in [3.63, 3.8) is 0 Å². The molecule has 1 unspecified atom stereocenters. The second-order valence-corrected chi connectivity index (χ2v) is 12.7. The summed E-state index contributed by atoms with van der Waals surface area (Å²) in [6.45, 7) is 6.15. The lowest BCUT2D eigenvalue weighted by molar-refractivity contribution is 0.0525. The first-order valence-electron chi connectivity index (χ1n) is 16.3. The van der Waals surface area contributed by atoms with Crippen LogP contribution in [-0.2, 0) is 17.6 Å². The highest BCUT2D eigenvalue weighted by Gasteiger charge is 2.29. The number of aromatic nitrogens is 2. The number of nitrogens with one attached hydrogen (secondary N) is 2. The molecule has 0 radical (unpaired) electrons. The van der Waals surface area contributed by atoms with E-state index in [4.69, 9.17) is 9.72 Å². The standard InChI is InChI=1S/C37H43N3O4/c1-4-44-37(43)31-29(20-14-23-10-6-5-7-11-23)38-34-32(36(42)40-33(34)22(2)3)30(31)25-15-17-26(18-16-25)35(41)39-28-21-19-24-12-8-9-13-27(24)28/h8-9,12-13,15-18,22-23,28,40,42H,4-7,10-11,14,19-21H2,1-3H3,(H,39,41). The maximum absolute atomic E-state index is 13.7. The van der Waals surface area contributed by atoms with Crippen LogP contribution in [0.3, 0.4) is 0 Å². The number of carbonyl (C=O) groups is 2. The Morgan fingerprint density at radius 1 is 1.05 bits per heavy atom. The van der Waals surface area contributed by atoms with Crippen molar-refractivity contribution in [2.45, 2.75) is 90.5 Å². The van der Waals surface area contributed by atoms with Crippen LogP contribution in [0.25, 0.3) is 22.0 Å². The number of nitrogens with zero attached hydrogens (tertiary/aromatic N) is 1. The molecule has 2 aliphatic carbocycles. The van der Waals surface area contributed by atoms with Crippen molar-refractivity contribution in [1.29, 1.82) is 0 Å². The summed E-state index contributed by atoms with van der Waals surface area (Å²) in [4.78, 5) is 35.2. The predicted molar refractivity (Wildman–Crippen MR) is 173 cm³/mol. The number of fused-ring (bicyclic) bond motifs is 2. The van der Waals surface area contributed by atoms with E-state index in [-0.39, 0.29) is 30.4 Å². The van der Waals surface area contributed by atoms with Gasteiger partial charge in [0.2, 0.25) is 0 Å². The maximum Gasteiger partial charge on any atom is 0.340 e. The Hall–Kier alpha value is -4.13. The summed E-state index contributed by atoms with van der Waals surface area (Å²) in [5, 5.41) is 14.9. The van der Waals surface area contributed by atoms with Crippen LogP contribution in [-0.4, -0.2) is 33.6 Å². The first kappa shape index (κ1) is 29.9. The van der Waals surface area contributed by atoms with Gasteiger partial charge >= 0.3 is 5.97 Å². The van der Waals surface area contributed by atoms with Gasteiger partial charge in [-0.05, 0) is 73.3 Å². The molecule has 4 aromatic rings. The van der Waals surface area contributed by atoms with Crippen molar-refractivity contribution in [2.75, 3.05) is 6.61 Å². The molecule has 2 heterocycles. The molecule has 1 saturated carbocycles. The molecule has 1 amide bonds. The minimum atomic E-state index is -0.441. The second kappa shape index (κ2) is 12.8. The summed E-state index contributed by atoms with van der Waals surface area (Å²) < 4.78 is 5.60. The van der Waals surface area contributed by atoms with Crippen LogP contribution in [0, 0.1) is 5.92 Å².